The fourth-order valence-corrected chi connectivity index (χ4v) is 8.59. The highest BCUT2D eigenvalue weighted by atomic mass is 31.2. The van der Waals surface area contributed by atoms with Crippen LogP contribution in [0.25, 0.3) is 16.7 Å². The number of aromatic nitrogens is 5. The van der Waals surface area contributed by atoms with Gasteiger partial charge in [0.1, 0.15) is 30.3 Å². The number of rotatable bonds is 10. The Morgan fingerprint density at radius 2 is 1.86 bits per heavy atom. The van der Waals surface area contributed by atoms with Crippen LogP contribution in [0.5, 0.6) is 11.8 Å². The van der Waals surface area contributed by atoms with Gasteiger partial charge < -0.3 is 40.5 Å². The van der Waals surface area contributed by atoms with Crippen LogP contribution in [0.15, 0.2) is 28.5 Å². The molecule has 3 aromatic heterocycles. The van der Waals surface area contributed by atoms with Gasteiger partial charge in [-0.25, -0.2) is 24.6 Å². The number of hydrogen-bond donors (Lipinski definition) is 6. The third kappa shape index (κ3) is 5.33. The molecule has 8 atom stereocenters. The Kier molecular flexibility index (Phi) is 8.43. The first-order valence-corrected chi connectivity index (χ1v) is 17.5. The van der Waals surface area contributed by atoms with E-state index in [4.69, 9.17) is 15.0 Å². The van der Waals surface area contributed by atoms with E-state index in [1.54, 1.807) is 32.8 Å². The molecule has 0 spiro atoms. The Labute approximate surface area is 284 Å². The zero-order valence-corrected chi connectivity index (χ0v) is 28.5. The SMILES string of the molecule is CN(C)C(=O)C1N=NC(C(=O)N(C)C)C2C1=C1CC2c2c1c(O)n(CCNP(=O)(O)OC1C[C@H](n3cnc4c(N)ncnc43)O[C@@H]1CO)c2O. The number of nitrogen functional groups attached to an aromatic ring is 1. The number of carbonyl (C=O) groups is 2. The van der Waals surface area contributed by atoms with Crippen LogP contribution in [0.3, 0.4) is 0 Å². The topological polar surface area (TPSA) is 268 Å². The van der Waals surface area contributed by atoms with Crippen molar-refractivity contribution in [1.82, 2.24) is 39.0 Å². The van der Waals surface area contributed by atoms with Gasteiger partial charge in [-0.2, -0.15) is 10.2 Å². The van der Waals surface area contributed by atoms with Gasteiger partial charge in [-0.15, -0.1) is 0 Å². The molecule has 2 aliphatic carbocycles. The Morgan fingerprint density at radius 1 is 1.12 bits per heavy atom. The number of carbonyl (C=O) groups excluding carboxylic acids is 2. The lowest BCUT2D eigenvalue weighted by atomic mass is 9.75. The van der Waals surface area contributed by atoms with Crippen LogP contribution < -0.4 is 10.8 Å². The number of allylic oxidation sites excluding steroid dienone is 1. The quantitative estimate of drug-likeness (QED) is 0.150. The summed E-state index contributed by atoms with van der Waals surface area (Å²) in [5.41, 5.74) is 8.65. The van der Waals surface area contributed by atoms with Crippen LogP contribution in [-0.4, -0.2) is 132 Å². The number of hydrogen-bond acceptors (Lipinski definition) is 14. The second kappa shape index (κ2) is 12.4. The summed E-state index contributed by atoms with van der Waals surface area (Å²) < 4.78 is 27.4. The monoisotopic (exact) mass is 715 g/mol. The van der Waals surface area contributed by atoms with Crippen molar-refractivity contribution < 1.29 is 43.6 Å². The molecule has 1 saturated heterocycles. The van der Waals surface area contributed by atoms with Gasteiger partial charge in [-0.3, -0.25) is 23.2 Å². The summed E-state index contributed by atoms with van der Waals surface area (Å²) in [6.45, 7) is -0.868. The maximum atomic E-state index is 13.2. The molecular weight excluding hydrogens is 677 g/mol. The Hall–Kier alpha value is -4.46. The number of nitrogens with two attached hydrogens (primary N) is 1. The third-order valence-electron chi connectivity index (χ3n) is 9.78. The van der Waals surface area contributed by atoms with Gasteiger partial charge in [0, 0.05) is 70.7 Å². The van der Waals surface area contributed by atoms with E-state index in [1.165, 1.54) is 27.0 Å². The van der Waals surface area contributed by atoms with Gasteiger partial charge in [0.25, 0.3) is 5.91 Å². The van der Waals surface area contributed by atoms with E-state index in [0.717, 1.165) is 0 Å². The van der Waals surface area contributed by atoms with Crippen LogP contribution >= 0.6 is 7.75 Å². The van der Waals surface area contributed by atoms with Crippen molar-refractivity contribution in [1.29, 1.82) is 0 Å². The molecule has 0 aromatic carbocycles. The molecule has 7 N–H and O–H groups in total. The number of nitrogens with one attached hydrogen (secondary N) is 1. The van der Waals surface area contributed by atoms with E-state index >= 15 is 0 Å². The Balaban J connectivity index is 1.08. The lowest BCUT2D eigenvalue weighted by molar-refractivity contribution is -0.133. The fraction of sp³-hybridized carbons (Fsp3) is 0.552. The molecule has 0 radical (unpaired) electrons. The number of aliphatic hydroxyl groups is 1. The first kappa shape index (κ1) is 34.0. The maximum absolute atomic E-state index is 13.2. The summed E-state index contributed by atoms with van der Waals surface area (Å²) in [5.74, 6) is -1.99. The van der Waals surface area contributed by atoms with E-state index in [2.05, 4.69) is 30.3 Å². The van der Waals surface area contributed by atoms with E-state index in [9.17, 15) is 34.4 Å². The van der Waals surface area contributed by atoms with Gasteiger partial charge in [0.2, 0.25) is 11.8 Å². The van der Waals surface area contributed by atoms with Gasteiger partial charge in [0.15, 0.2) is 29.4 Å². The van der Waals surface area contributed by atoms with Crippen LogP contribution in [0.1, 0.15) is 36.1 Å². The van der Waals surface area contributed by atoms with Crippen LogP contribution in [0.4, 0.5) is 5.82 Å². The molecule has 3 aromatic rings. The molecule has 7 rings (SSSR count). The van der Waals surface area contributed by atoms with E-state index < -0.39 is 56.7 Å². The minimum atomic E-state index is -4.51. The number of ether oxygens (including phenoxy) is 1. The molecule has 2 aliphatic heterocycles. The number of anilines is 1. The van der Waals surface area contributed by atoms with Crippen molar-refractivity contribution >= 4 is 42.1 Å². The van der Waals surface area contributed by atoms with Gasteiger partial charge >= 0.3 is 7.75 Å². The Morgan fingerprint density at radius 3 is 2.56 bits per heavy atom. The van der Waals surface area contributed by atoms with Crippen molar-refractivity contribution in [2.75, 3.05) is 47.1 Å². The number of fused-ring (bicyclic) bond motifs is 8. The number of azo groups is 1. The zero-order valence-electron chi connectivity index (χ0n) is 27.6. The number of aromatic hydroxyl groups is 2. The number of nitrogens with zero attached hydrogens (tertiary/aromatic N) is 9. The summed E-state index contributed by atoms with van der Waals surface area (Å²) in [5, 5.41) is 43.7. The van der Waals surface area contributed by atoms with Crippen LogP contribution in [0.2, 0.25) is 0 Å². The standard InChI is InChI=1S/C29H38N11O9P/c1-37(2)28(44)21-17-12-7-13(18(17)22(36-35-21)29(45)38(3)4)20-19(12)26(42)39(27(20)43)6-5-34-50(46,47)49-14-8-16(48-15(14)9-41)40-11-33-23-24(30)31-10-32-25(23)40/h10-12,14-17,21-22,41-43H,5-9H2,1-4H3,(H2,30,31,32)(H2,34,46,47)/t12?,14?,15-,16-,17?,21?,22?/m1/s1. The summed E-state index contributed by atoms with van der Waals surface area (Å²) in [6.07, 6.45) is 0.502. The van der Waals surface area contributed by atoms with Crippen LogP contribution in [-0.2, 0) is 30.0 Å². The lowest BCUT2D eigenvalue weighted by Crippen LogP contribution is -2.46. The Bertz CT molecular complexity index is 1990. The summed E-state index contributed by atoms with van der Waals surface area (Å²) in [7, 11) is 1.89. The molecule has 0 saturated carbocycles. The lowest BCUT2D eigenvalue weighted by Gasteiger charge is -2.35. The second-order valence-corrected chi connectivity index (χ2v) is 14.7. The summed E-state index contributed by atoms with van der Waals surface area (Å²) in [6, 6.07) is -1.88. The van der Waals surface area contributed by atoms with E-state index in [1.807, 2.05) is 0 Å². The normalized spacial score (nSPS) is 27.8. The molecule has 2 amide bonds. The van der Waals surface area contributed by atoms with Crippen molar-refractivity contribution in [3.63, 3.8) is 0 Å². The molecule has 50 heavy (non-hydrogen) atoms. The molecule has 1 fully saturated rings. The van der Waals surface area contributed by atoms with Gasteiger partial charge in [-0.05, 0) is 17.6 Å². The highest BCUT2D eigenvalue weighted by molar-refractivity contribution is 7.50. The molecule has 5 heterocycles. The first-order valence-electron chi connectivity index (χ1n) is 15.9. The average Bonchev–Trinajstić information content (AvgIpc) is 3.89. The van der Waals surface area contributed by atoms with Gasteiger partial charge in [-0.1, -0.05) is 0 Å². The minimum Gasteiger partial charge on any atom is -0.494 e. The summed E-state index contributed by atoms with van der Waals surface area (Å²) >= 11 is 0. The number of amides is 2. The van der Waals surface area contributed by atoms with E-state index in [-0.39, 0.29) is 48.9 Å². The average molecular weight is 716 g/mol. The largest absolute Gasteiger partial charge is 0.494 e. The predicted octanol–water partition coefficient (Wildman–Crippen LogP) is -0.0735. The van der Waals surface area contributed by atoms with E-state index in [0.29, 0.717) is 39.9 Å². The molecular formula is C29H38N11O9P. The molecule has 21 heteroatoms. The van der Waals surface area contributed by atoms with Crippen molar-refractivity contribution in [3.05, 3.63) is 29.4 Å². The second-order valence-electron chi connectivity index (χ2n) is 13.1. The fourth-order valence-electron chi connectivity index (χ4n) is 7.54. The summed E-state index contributed by atoms with van der Waals surface area (Å²) in [4.78, 5) is 52.2. The maximum Gasteiger partial charge on any atom is 0.403 e. The highest BCUT2D eigenvalue weighted by Crippen LogP contribution is 2.64. The van der Waals surface area contributed by atoms with Crippen molar-refractivity contribution in [2.45, 2.75) is 55.8 Å². The van der Waals surface area contributed by atoms with Crippen molar-refractivity contribution in [3.8, 4) is 11.8 Å². The highest BCUT2D eigenvalue weighted by Gasteiger charge is 2.57. The van der Waals surface area contributed by atoms with Gasteiger partial charge in [0.05, 0.1) is 12.9 Å². The first-order chi connectivity index (χ1) is 23.7. The van der Waals surface area contributed by atoms with Crippen molar-refractivity contribution in [2.24, 2.45) is 16.1 Å². The smallest absolute Gasteiger partial charge is 0.403 e. The molecule has 6 unspecified atom stereocenters. The molecule has 4 aliphatic rings. The third-order valence-corrected chi connectivity index (χ3v) is 11.0. The number of likely N-dealkylation sites (N-methyl/N-ethyl adjacent to an activating group) is 2. The number of aliphatic hydroxyl groups excluding tert-OH is 1. The molecule has 2 bridgehead atoms. The predicted molar refractivity (Wildman–Crippen MR) is 173 cm³/mol. The molecule has 268 valence electrons. The number of imidazole rings is 1. The molecule has 20 nitrogen and oxygen atoms in total. The minimum absolute atomic E-state index is 0.0753. The zero-order chi connectivity index (χ0) is 35.8. The van der Waals surface area contributed by atoms with Crippen LogP contribution in [0, 0.1) is 5.92 Å².